The molecule has 1 aromatic rings. The van der Waals surface area contributed by atoms with Crippen LogP contribution >= 0.6 is 0 Å². The first-order valence-electron chi connectivity index (χ1n) is 5.40. The fraction of sp³-hybridized carbons (Fsp3) is 0.545. The van der Waals surface area contributed by atoms with Crippen molar-refractivity contribution in [1.29, 1.82) is 0 Å². The number of hydrogen-bond donors (Lipinski definition) is 1. The van der Waals surface area contributed by atoms with Gasteiger partial charge in [-0.25, -0.2) is 8.78 Å². The zero-order chi connectivity index (χ0) is 13.6. The van der Waals surface area contributed by atoms with Crippen LogP contribution in [0.2, 0.25) is 0 Å². The van der Waals surface area contributed by atoms with Crippen molar-refractivity contribution < 1.29 is 22.3 Å². The van der Waals surface area contributed by atoms with E-state index in [4.69, 9.17) is 0 Å². The van der Waals surface area contributed by atoms with Crippen LogP contribution in [0.5, 0.6) is 5.75 Å². The molecule has 18 heavy (non-hydrogen) atoms. The number of pyridine rings is 1. The molecule has 0 unspecified atom stereocenters. The molecular formula is C11H14F4N2O. The maximum absolute atomic E-state index is 12.6. The summed E-state index contributed by atoms with van der Waals surface area (Å²) in [4.78, 5) is 3.98. The van der Waals surface area contributed by atoms with Gasteiger partial charge in [-0.1, -0.05) is 6.92 Å². The quantitative estimate of drug-likeness (QED) is 0.770. The molecule has 0 aromatic carbocycles. The molecule has 0 fully saturated rings. The zero-order valence-electron chi connectivity index (χ0n) is 9.80. The molecule has 0 aliphatic carbocycles. The Kier molecular flexibility index (Phi) is 5.33. The summed E-state index contributed by atoms with van der Waals surface area (Å²) >= 11 is 0. The van der Waals surface area contributed by atoms with Crippen molar-refractivity contribution in [1.82, 2.24) is 10.3 Å². The van der Waals surface area contributed by atoms with Gasteiger partial charge in [0.2, 0.25) is 0 Å². The lowest BCUT2D eigenvalue weighted by molar-refractivity contribution is -0.148. The molecule has 0 saturated carbocycles. The second-order valence-electron chi connectivity index (χ2n) is 3.61. The van der Waals surface area contributed by atoms with Crippen molar-refractivity contribution in [2.24, 2.45) is 0 Å². The summed E-state index contributed by atoms with van der Waals surface area (Å²) in [5.41, 5.74) is 0.592. The predicted molar refractivity (Wildman–Crippen MR) is 58.1 cm³/mol. The summed E-state index contributed by atoms with van der Waals surface area (Å²) in [5, 5.41) is 3.00. The Balaban J connectivity index is 2.57. The second kappa shape index (κ2) is 6.53. The summed E-state index contributed by atoms with van der Waals surface area (Å²) in [6.45, 7) is 1.74. The number of hydrogen-bond acceptors (Lipinski definition) is 3. The van der Waals surface area contributed by atoms with E-state index < -0.39 is 19.0 Å². The van der Waals surface area contributed by atoms with E-state index in [1.807, 2.05) is 6.92 Å². The van der Waals surface area contributed by atoms with E-state index in [9.17, 15) is 17.6 Å². The third kappa shape index (κ3) is 4.48. The Bertz CT molecular complexity index is 374. The van der Waals surface area contributed by atoms with E-state index in [1.54, 1.807) is 0 Å². The fourth-order valence-electron chi connectivity index (χ4n) is 1.14. The molecule has 0 amide bonds. The molecular weight excluding hydrogens is 252 g/mol. The Morgan fingerprint density at radius 1 is 1.44 bits per heavy atom. The van der Waals surface area contributed by atoms with E-state index in [0.717, 1.165) is 6.54 Å². The second-order valence-corrected chi connectivity index (χ2v) is 3.61. The van der Waals surface area contributed by atoms with Gasteiger partial charge in [0, 0.05) is 18.8 Å². The van der Waals surface area contributed by atoms with E-state index in [-0.39, 0.29) is 5.75 Å². The number of alkyl halides is 4. The first kappa shape index (κ1) is 14.7. The van der Waals surface area contributed by atoms with Crippen LogP contribution in [0.25, 0.3) is 0 Å². The van der Waals surface area contributed by atoms with E-state index in [2.05, 4.69) is 15.0 Å². The maximum atomic E-state index is 12.6. The van der Waals surface area contributed by atoms with Gasteiger partial charge in [0.15, 0.2) is 6.61 Å². The lowest BCUT2D eigenvalue weighted by Crippen LogP contribution is -2.33. The first-order valence-corrected chi connectivity index (χ1v) is 5.40. The third-order valence-corrected chi connectivity index (χ3v) is 2.09. The molecule has 1 heterocycles. The highest BCUT2D eigenvalue weighted by molar-refractivity contribution is 5.22. The number of ether oxygens (including phenoxy) is 1. The number of halogens is 4. The molecule has 7 heteroatoms. The van der Waals surface area contributed by atoms with Gasteiger partial charge in [-0.15, -0.1) is 0 Å². The van der Waals surface area contributed by atoms with Crippen molar-refractivity contribution in [2.45, 2.75) is 25.8 Å². The fourth-order valence-corrected chi connectivity index (χ4v) is 1.14. The molecule has 1 rings (SSSR count). The molecule has 0 bridgehead atoms. The van der Waals surface area contributed by atoms with Crippen LogP contribution in [0.4, 0.5) is 17.6 Å². The average Bonchev–Trinajstić information content (AvgIpc) is 2.34. The minimum absolute atomic E-state index is 0.0956. The van der Waals surface area contributed by atoms with Gasteiger partial charge in [-0.2, -0.15) is 8.78 Å². The molecule has 0 saturated heterocycles. The molecule has 0 spiro atoms. The normalized spacial score (nSPS) is 11.9. The molecule has 1 aromatic heterocycles. The number of nitrogens with one attached hydrogen (secondary N) is 1. The van der Waals surface area contributed by atoms with Crippen LogP contribution < -0.4 is 10.1 Å². The highest BCUT2D eigenvalue weighted by Gasteiger charge is 2.41. The molecule has 0 aliphatic heterocycles. The topological polar surface area (TPSA) is 34.1 Å². The Morgan fingerprint density at radius 3 is 2.78 bits per heavy atom. The number of rotatable bonds is 7. The van der Waals surface area contributed by atoms with Crippen LogP contribution in [-0.4, -0.2) is 30.5 Å². The van der Waals surface area contributed by atoms with Crippen LogP contribution in [0, 0.1) is 0 Å². The molecule has 1 N–H and O–H groups in total. The van der Waals surface area contributed by atoms with Gasteiger partial charge >= 0.3 is 12.3 Å². The molecule has 3 nitrogen and oxygen atoms in total. The summed E-state index contributed by atoms with van der Waals surface area (Å²) in [6, 6.07) is 2.78. The molecule has 0 aliphatic rings. The Labute approximate surface area is 102 Å². The van der Waals surface area contributed by atoms with Gasteiger partial charge in [-0.05, 0) is 12.6 Å². The molecule has 0 atom stereocenters. The Hall–Kier alpha value is -1.37. The lowest BCUT2D eigenvalue weighted by Gasteiger charge is -2.16. The van der Waals surface area contributed by atoms with Crippen molar-refractivity contribution in [3.05, 3.63) is 24.0 Å². The van der Waals surface area contributed by atoms with Crippen molar-refractivity contribution >= 4 is 0 Å². The smallest absolute Gasteiger partial charge is 0.340 e. The van der Waals surface area contributed by atoms with Gasteiger partial charge in [0.25, 0.3) is 0 Å². The lowest BCUT2D eigenvalue weighted by atomic mass is 10.3. The highest BCUT2D eigenvalue weighted by atomic mass is 19.3. The monoisotopic (exact) mass is 266 g/mol. The standard InChI is InChI=1S/C11H14F4N2O/c1-2-16-6-8-5-9(3-4-17-8)18-7-11(14,15)10(12)13/h3-5,10,16H,2,6-7H2,1H3. The Morgan fingerprint density at radius 2 is 2.17 bits per heavy atom. The van der Waals surface area contributed by atoms with Gasteiger partial charge in [0.05, 0.1) is 5.69 Å². The minimum Gasteiger partial charge on any atom is -0.487 e. The van der Waals surface area contributed by atoms with Crippen LogP contribution in [0.1, 0.15) is 12.6 Å². The van der Waals surface area contributed by atoms with Gasteiger partial charge in [-0.3, -0.25) is 4.98 Å². The maximum Gasteiger partial charge on any atom is 0.340 e. The summed E-state index contributed by atoms with van der Waals surface area (Å²) in [6.07, 6.45) is -2.36. The van der Waals surface area contributed by atoms with Crippen molar-refractivity contribution in [2.75, 3.05) is 13.2 Å². The molecule has 102 valence electrons. The summed E-state index contributed by atoms with van der Waals surface area (Å²) < 4.78 is 53.7. The number of nitrogens with zero attached hydrogens (tertiary/aromatic N) is 1. The average molecular weight is 266 g/mol. The first-order chi connectivity index (χ1) is 8.45. The van der Waals surface area contributed by atoms with E-state index in [0.29, 0.717) is 12.2 Å². The largest absolute Gasteiger partial charge is 0.487 e. The van der Waals surface area contributed by atoms with E-state index >= 15 is 0 Å². The summed E-state index contributed by atoms with van der Waals surface area (Å²) in [5.74, 6) is -4.05. The summed E-state index contributed by atoms with van der Waals surface area (Å²) in [7, 11) is 0. The van der Waals surface area contributed by atoms with Gasteiger partial charge < -0.3 is 10.1 Å². The predicted octanol–water partition coefficient (Wildman–Crippen LogP) is 2.47. The van der Waals surface area contributed by atoms with E-state index in [1.165, 1.54) is 18.3 Å². The van der Waals surface area contributed by atoms with Crippen molar-refractivity contribution in [3.8, 4) is 5.75 Å². The van der Waals surface area contributed by atoms with Gasteiger partial charge in [0.1, 0.15) is 5.75 Å². The zero-order valence-corrected chi connectivity index (χ0v) is 9.80. The van der Waals surface area contributed by atoms with Crippen LogP contribution in [0.3, 0.4) is 0 Å². The molecule has 0 radical (unpaired) electrons. The van der Waals surface area contributed by atoms with Crippen molar-refractivity contribution in [3.63, 3.8) is 0 Å². The third-order valence-electron chi connectivity index (χ3n) is 2.09. The van der Waals surface area contributed by atoms with Crippen LogP contribution in [0.15, 0.2) is 18.3 Å². The minimum atomic E-state index is -4.15. The highest BCUT2D eigenvalue weighted by Crippen LogP contribution is 2.24. The number of aromatic nitrogens is 1. The van der Waals surface area contributed by atoms with Crippen LogP contribution in [-0.2, 0) is 6.54 Å². The SMILES string of the molecule is CCNCc1cc(OCC(F)(F)C(F)F)ccn1.